The molecule has 0 bridgehead atoms. The van der Waals surface area contributed by atoms with Crippen LogP contribution in [0.2, 0.25) is 0 Å². The molecule has 1 N–H and O–H groups in total. The predicted molar refractivity (Wildman–Crippen MR) is 84.1 cm³/mol. The number of nitrogens with one attached hydrogen (secondary N) is 1. The van der Waals surface area contributed by atoms with Crippen molar-refractivity contribution >= 4 is 22.6 Å². The molecule has 0 unspecified atom stereocenters. The summed E-state index contributed by atoms with van der Waals surface area (Å²) in [5.74, 6) is 1.44. The van der Waals surface area contributed by atoms with Crippen LogP contribution >= 0.6 is 22.6 Å². The Kier molecular flexibility index (Phi) is 5.13. The van der Waals surface area contributed by atoms with Crippen molar-refractivity contribution < 1.29 is 9.47 Å². The summed E-state index contributed by atoms with van der Waals surface area (Å²) < 4.78 is 10.7. The number of hydrogen-bond donors (Lipinski definition) is 1. The fraction of sp³-hybridized carbons (Fsp3) is 0.286. The normalized spacial score (nSPS) is 10.6. The molecule has 1 aromatic heterocycles. The lowest BCUT2D eigenvalue weighted by atomic mass is 10.1. The van der Waals surface area contributed by atoms with Gasteiger partial charge in [-0.05, 0) is 40.3 Å². The monoisotopic (exact) mass is 386 g/mol. The van der Waals surface area contributed by atoms with Gasteiger partial charge in [-0.25, -0.2) is 4.98 Å². The first-order valence-corrected chi connectivity index (χ1v) is 7.11. The van der Waals surface area contributed by atoms with Crippen molar-refractivity contribution in [2.45, 2.75) is 13.0 Å². The molecular weight excluding hydrogens is 371 g/mol. The molecule has 1 heterocycles. The number of aromatic nitrogens is 2. The summed E-state index contributed by atoms with van der Waals surface area (Å²) in [5.41, 5.74) is 1.59. The molecule has 0 atom stereocenters. The minimum atomic E-state index is -0.129. The summed E-state index contributed by atoms with van der Waals surface area (Å²) in [6.07, 6.45) is 0.562. The van der Waals surface area contributed by atoms with E-state index in [1.165, 1.54) is 0 Å². The highest BCUT2D eigenvalue weighted by atomic mass is 127. The predicted octanol–water partition coefficient (Wildman–Crippen LogP) is 2.12. The van der Waals surface area contributed by atoms with Crippen LogP contribution in [-0.4, -0.2) is 24.2 Å². The van der Waals surface area contributed by atoms with Gasteiger partial charge in [-0.15, -0.1) is 0 Å². The zero-order valence-electron chi connectivity index (χ0n) is 11.3. The molecular formula is C14H15IN2O3. The Morgan fingerprint density at radius 3 is 2.55 bits per heavy atom. The summed E-state index contributed by atoms with van der Waals surface area (Å²) in [7, 11) is 3.21. The van der Waals surface area contributed by atoms with Crippen LogP contribution in [0.15, 0.2) is 29.1 Å². The highest BCUT2D eigenvalue weighted by Crippen LogP contribution is 2.14. The zero-order valence-corrected chi connectivity index (χ0v) is 13.4. The van der Waals surface area contributed by atoms with Gasteiger partial charge in [0.1, 0.15) is 15.1 Å². The van der Waals surface area contributed by atoms with E-state index in [0.29, 0.717) is 28.1 Å². The maximum absolute atomic E-state index is 11.8. The molecule has 0 saturated carbocycles. The third kappa shape index (κ3) is 3.57. The van der Waals surface area contributed by atoms with Gasteiger partial charge in [0.15, 0.2) is 0 Å². The molecule has 0 radical (unpaired) electrons. The fourth-order valence-electron chi connectivity index (χ4n) is 1.81. The van der Waals surface area contributed by atoms with E-state index in [1.54, 1.807) is 14.2 Å². The number of H-pyrrole nitrogens is 1. The summed E-state index contributed by atoms with van der Waals surface area (Å²) in [4.78, 5) is 19.1. The fourth-order valence-corrected chi connectivity index (χ4v) is 2.22. The molecule has 1 aromatic carbocycles. The summed E-state index contributed by atoms with van der Waals surface area (Å²) >= 11 is 1.98. The second-order valence-corrected chi connectivity index (χ2v) is 5.31. The summed E-state index contributed by atoms with van der Waals surface area (Å²) in [5, 5.41) is 0. The van der Waals surface area contributed by atoms with Crippen LogP contribution < -0.4 is 10.3 Å². The van der Waals surface area contributed by atoms with Crippen molar-refractivity contribution in [1.29, 1.82) is 0 Å². The van der Waals surface area contributed by atoms with Gasteiger partial charge in [0.05, 0.1) is 19.4 Å². The number of ether oxygens (including phenoxy) is 2. The third-order valence-corrected chi connectivity index (χ3v) is 3.90. The van der Waals surface area contributed by atoms with Crippen LogP contribution in [0.5, 0.6) is 5.75 Å². The molecule has 0 fully saturated rings. The Morgan fingerprint density at radius 2 is 1.95 bits per heavy atom. The quantitative estimate of drug-likeness (QED) is 0.800. The van der Waals surface area contributed by atoms with Gasteiger partial charge in [-0.2, -0.15) is 0 Å². The van der Waals surface area contributed by atoms with Gasteiger partial charge in [0, 0.05) is 13.5 Å². The number of methoxy groups -OCH3 is 2. The number of benzene rings is 1. The van der Waals surface area contributed by atoms with E-state index in [1.807, 2.05) is 46.9 Å². The Morgan fingerprint density at radius 1 is 1.25 bits per heavy atom. The Hall–Kier alpha value is -1.41. The molecule has 0 aliphatic carbocycles. The highest BCUT2D eigenvalue weighted by Gasteiger charge is 2.09. The van der Waals surface area contributed by atoms with Crippen LogP contribution in [0.4, 0.5) is 0 Å². The van der Waals surface area contributed by atoms with E-state index in [9.17, 15) is 4.79 Å². The van der Waals surface area contributed by atoms with Gasteiger partial charge < -0.3 is 14.5 Å². The first-order valence-electron chi connectivity index (χ1n) is 6.03. The molecule has 0 spiro atoms. The van der Waals surface area contributed by atoms with Gasteiger partial charge >= 0.3 is 0 Å². The van der Waals surface area contributed by atoms with E-state index >= 15 is 0 Å². The third-order valence-electron chi connectivity index (χ3n) is 2.79. The zero-order chi connectivity index (χ0) is 14.5. The number of hydrogen-bond acceptors (Lipinski definition) is 4. The van der Waals surface area contributed by atoms with Crippen LogP contribution in [0.3, 0.4) is 0 Å². The van der Waals surface area contributed by atoms with E-state index in [-0.39, 0.29) is 5.56 Å². The standard InChI is InChI=1S/C14H15IN2O3/c1-19-8-11-13(15)14(18)17-12(16-11)7-9-3-5-10(20-2)6-4-9/h3-6H,7-8H2,1-2H3,(H,16,17,18). The molecule has 0 aliphatic rings. The molecule has 2 rings (SSSR count). The van der Waals surface area contributed by atoms with E-state index in [4.69, 9.17) is 9.47 Å². The lowest BCUT2D eigenvalue weighted by molar-refractivity contribution is 0.180. The smallest absolute Gasteiger partial charge is 0.264 e. The van der Waals surface area contributed by atoms with Gasteiger partial charge in [0.25, 0.3) is 5.56 Å². The summed E-state index contributed by atoms with van der Waals surface area (Å²) in [6.45, 7) is 0.331. The first-order chi connectivity index (χ1) is 9.63. The minimum absolute atomic E-state index is 0.129. The van der Waals surface area contributed by atoms with E-state index in [0.717, 1.165) is 11.3 Å². The number of nitrogens with zero attached hydrogens (tertiary/aromatic N) is 1. The number of rotatable bonds is 5. The SMILES string of the molecule is COCc1nc(Cc2ccc(OC)cc2)[nH]c(=O)c1I. The molecule has 0 saturated heterocycles. The van der Waals surface area contributed by atoms with Crippen molar-refractivity contribution in [1.82, 2.24) is 9.97 Å². The average molecular weight is 386 g/mol. The maximum atomic E-state index is 11.8. The second kappa shape index (κ2) is 6.85. The number of aromatic amines is 1. The van der Waals surface area contributed by atoms with Gasteiger partial charge in [-0.1, -0.05) is 12.1 Å². The molecule has 106 valence electrons. The first kappa shape index (κ1) is 15.0. The largest absolute Gasteiger partial charge is 0.497 e. The van der Waals surface area contributed by atoms with Gasteiger partial charge in [-0.3, -0.25) is 4.79 Å². The Balaban J connectivity index is 2.26. The van der Waals surface area contributed by atoms with Crippen molar-refractivity contribution in [2.24, 2.45) is 0 Å². The lowest BCUT2D eigenvalue weighted by Crippen LogP contribution is -2.18. The van der Waals surface area contributed by atoms with Crippen LogP contribution in [0.1, 0.15) is 17.1 Å². The van der Waals surface area contributed by atoms with Crippen LogP contribution in [0, 0.1) is 3.57 Å². The highest BCUT2D eigenvalue weighted by molar-refractivity contribution is 14.1. The van der Waals surface area contributed by atoms with Crippen molar-refractivity contribution in [3.63, 3.8) is 0 Å². The topological polar surface area (TPSA) is 64.2 Å². The molecule has 20 heavy (non-hydrogen) atoms. The second-order valence-electron chi connectivity index (χ2n) is 4.23. The molecule has 0 amide bonds. The van der Waals surface area contributed by atoms with E-state index < -0.39 is 0 Å². The minimum Gasteiger partial charge on any atom is -0.497 e. The Bertz CT molecular complexity index is 638. The van der Waals surface area contributed by atoms with Gasteiger partial charge in [0.2, 0.25) is 0 Å². The van der Waals surface area contributed by atoms with E-state index in [2.05, 4.69) is 9.97 Å². The summed E-state index contributed by atoms with van der Waals surface area (Å²) in [6, 6.07) is 7.67. The van der Waals surface area contributed by atoms with Crippen molar-refractivity contribution in [2.75, 3.05) is 14.2 Å². The lowest BCUT2D eigenvalue weighted by Gasteiger charge is -2.07. The average Bonchev–Trinajstić information content (AvgIpc) is 2.45. The Labute approximate surface area is 130 Å². The van der Waals surface area contributed by atoms with Crippen molar-refractivity contribution in [3.8, 4) is 5.75 Å². The molecule has 6 heteroatoms. The molecule has 5 nitrogen and oxygen atoms in total. The maximum Gasteiger partial charge on any atom is 0.264 e. The molecule has 2 aromatic rings. The van der Waals surface area contributed by atoms with Crippen LogP contribution in [-0.2, 0) is 17.8 Å². The van der Waals surface area contributed by atoms with Crippen molar-refractivity contribution in [3.05, 3.63) is 55.3 Å². The van der Waals surface area contributed by atoms with Crippen LogP contribution in [0.25, 0.3) is 0 Å². The number of halogens is 1. The molecule has 0 aliphatic heterocycles.